The second-order valence-electron chi connectivity index (χ2n) is 6.09. The molecule has 0 bridgehead atoms. The fourth-order valence-electron chi connectivity index (χ4n) is 2.31. The minimum absolute atomic E-state index is 0.217. The molecule has 2 rings (SSSR count). The van der Waals surface area contributed by atoms with Crippen molar-refractivity contribution in [2.75, 3.05) is 31.8 Å². The average molecular weight is 380 g/mol. The van der Waals surface area contributed by atoms with Crippen molar-refractivity contribution in [3.8, 4) is 5.75 Å². The normalized spacial score (nSPS) is 11.2. The molecule has 0 saturated heterocycles. The summed E-state index contributed by atoms with van der Waals surface area (Å²) >= 11 is 0. The highest BCUT2D eigenvalue weighted by atomic mass is 32.2. The molecule has 0 atom stereocenters. The molecule has 9 heteroatoms. The molecule has 1 aromatic heterocycles. The molecule has 0 saturated carbocycles. The molecule has 1 heterocycles. The van der Waals surface area contributed by atoms with Crippen LogP contribution in [0.4, 0.5) is 10.6 Å². The quantitative estimate of drug-likeness (QED) is 0.742. The summed E-state index contributed by atoms with van der Waals surface area (Å²) in [4.78, 5) is 14.0. The summed E-state index contributed by atoms with van der Waals surface area (Å²) in [6.45, 7) is 2.80. The van der Waals surface area contributed by atoms with Gasteiger partial charge in [0.2, 0.25) is 0 Å². The SMILES string of the molecule is Cc1cc(NC(=O)N(C)CCCOc2ccc(S(C)(=O)=O)cc2)n(C)n1. The second kappa shape index (κ2) is 8.22. The van der Waals surface area contributed by atoms with E-state index in [1.807, 2.05) is 6.92 Å². The number of carbonyl (C=O) groups is 1. The van der Waals surface area contributed by atoms with E-state index in [4.69, 9.17) is 4.74 Å². The highest BCUT2D eigenvalue weighted by Crippen LogP contribution is 2.16. The van der Waals surface area contributed by atoms with Crippen molar-refractivity contribution in [1.82, 2.24) is 14.7 Å². The largest absolute Gasteiger partial charge is 0.494 e. The molecule has 26 heavy (non-hydrogen) atoms. The number of rotatable bonds is 7. The van der Waals surface area contributed by atoms with Gasteiger partial charge in [0.1, 0.15) is 11.6 Å². The van der Waals surface area contributed by atoms with Crippen molar-refractivity contribution in [1.29, 1.82) is 0 Å². The fraction of sp³-hybridized carbons (Fsp3) is 0.412. The zero-order valence-electron chi connectivity index (χ0n) is 15.4. The van der Waals surface area contributed by atoms with Crippen LogP contribution >= 0.6 is 0 Å². The number of carbonyl (C=O) groups excluding carboxylic acids is 1. The van der Waals surface area contributed by atoms with E-state index in [0.29, 0.717) is 31.1 Å². The molecule has 0 unspecified atom stereocenters. The lowest BCUT2D eigenvalue weighted by molar-refractivity contribution is 0.216. The Labute approximate surface area is 153 Å². The summed E-state index contributed by atoms with van der Waals surface area (Å²) in [6, 6.07) is 7.86. The summed E-state index contributed by atoms with van der Waals surface area (Å²) in [5.74, 6) is 1.23. The Morgan fingerprint density at radius 2 is 1.96 bits per heavy atom. The summed E-state index contributed by atoms with van der Waals surface area (Å²) in [6.07, 6.45) is 1.80. The first-order valence-corrected chi connectivity index (χ1v) is 10.0. The maximum Gasteiger partial charge on any atom is 0.322 e. The number of urea groups is 1. The molecule has 0 aliphatic carbocycles. The van der Waals surface area contributed by atoms with Crippen LogP contribution in [0.25, 0.3) is 0 Å². The molecular formula is C17H24N4O4S. The number of benzene rings is 1. The van der Waals surface area contributed by atoms with Gasteiger partial charge in [0.15, 0.2) is 9.84 Å². The number of hydrogen-bond donors (Lipinski definition) is 1. The first-order chi connectivity index (χ1) is 12.2. The Kier molecular flexibility index (Phi) is 6.25. The lowest BCUT2D eigenvalue weighted by atomic mass is 10.3. The minimum Gasteiger partial charge on any atom is -0.494 e. The van der Waals surface area contributed by atoms with E-state index in [2.05, 4.69) is 10.4 Å². The number of hydrogen-bond acceptors (Lipinski definition) is 5. The van der Waals surface area contributed by atoms with Crippen molar-refractivity contribution in [3.05, 3.63) is 36.0 Å². The first-order valence-electron chi connectivity index (χ1n) is 8.12. The van der Waals surface area contributed by atoms with Crippen molar-refractivity contribution in [2.45, 2.75) is 18.2 Å². The van der Waals surface area contributed by atoms with Crippen LogP contribution in [0.5, 0.6) is 5.75 Å². The Hall–Kier alpha value is -2.55. The predicted octanol–water partition coefficient (Wildman–Crippen LogP) is 2.06. The zero-order chi connectivity index (χ0) is 19.3. The highest BCUT2D eigenvalue weighted by Gasteiger charge is 2.11. The van der Waals surface area contributed by atoms with Crippen LogP contribution in [-0.2, 0) is 16.9 Å². The number of ether oxygens (including phenoxy) is 1. The lowest BCUT2D eigenvalue weighted by Crippen LogP contribution is -2.33. The Bertz CT molecular complexity index is 859. The molecule has 0 radical (unpaired) electrons. The first kappa shape index (κ1) is 19.8. The Morgan fingerprint density at radius 1 is 1.31 bits per heavy atom. The van der Waals surface area contributed by atoms with Gasteiger partial charge in [-0.25, -0.2) is 13.2 Å². The average Bonchev–Trinajstić information content (AvgIpc) is 2.88. The highest BCUT2D eigenvalue weighted by molar-refractivity contribution is 7.90. The van der Waals surface area contributed by atoms with Gasteiger partial charge in [-0.05, 0) is 37.6 Å². The maximum absolute atomic E-state index is 12.1. The van der Waals surface area contributed by atoms with Crippen LogP contribution < -0.4 is 10.1 Å². The molecule has 0 aliphatic heterocycles. The van der Waals surface area contributed by atoms with Crippen LogP contribution in [0, 0.1) is 6.92 Å². The fourth-order valence-corrected chi connectivity index (χ4v) is 2.94. The summed E-state index contributed by atoms with van der Waals surface area (Å²) < 4.78 is 30.0. The summed E-state index contributed by atoms with van der Waals surface area (Å²) in [5, 5.41) is 6.98. The van der Waals surface area contributed by atoms with Crippen LogP contribution in [0.3, 0.4) is 0 Å². The van der Waals surface area contributed by atoms with Crippen molar-refractivity contribution in [2.24, 2.45) is 7.05 Å². The second-order valence-corrected chi connectivity index (χ2v) is 8.11. The number of sulfone groups is 1. The lowest BCUT2D eigenvalue weighted by Gasteiger charge is -2.18. The molecule has 8 nitrogen and oxygen atoms in total. The van der Waals surface area contributed by atoms with Gasteiger partial charge in [0.25, 0.3) is 0 Å². The van der Waals surface area contributed by atoms with Gasteiger partial charge in [-0.1, -0.05) is 0 Å². The monoisotopic (exact) mass is 380 g/mol. The number of nitrogens with one attached hydrogen (secondary N) is 1. The van der Waals surface area contributed by atoms with Gasteiger partial charge in [0, 0.05) is 33.0 Å². The number of nitrogens with zero attached hydrogens (tertiary/aromatic N) is 3. The van der Waals surface area contributed by atoms with Crippen LogP contribution in [-0.4, -0.2) is 55.6 Å². The standard InChI is InChI=1S/C17H24N4O4S/c1-13-12-16(21(3)19-13)18-17(22)20(2)10-5-11-25-14-6-8-15(9-7-14)26(4,23)24/h6-9,12H,5,10-11H2,1-4H3,(H,18,22). The van der Waals surface area contributed by atoms with Gasteiger partial charge in [-0.3, -0.25) is 10.00 Å². The third-order valence-corrected chi connectivity index (χ3v) is 4.87. The molecule has 2 aromatic rings. The van der Waals surface area contributed by atoms with Gasteiger partial charge in [-0.2, -0.15) is 5.10 Å². The Balaban J connectivity index is 1.75. The zero-order valence-corrected chi connectivity index (χ0v) is 16.2. The van der Waals surface area contributed by atoms with Gasteiger partial charge >= 0.3 is 6.03 Å². The van der Waals surface area contributed by atoms with E-state index in [-0.39, 0.29) is 10.9 Å². The molecule has 0 fully saturated rings. The number of aryl methyl sites for hydroxylation is 2. The number of anilines is 1. The molecule has 0 spiro atoms. The summed E-state index contributed by atoms with van der Waals surface area (Å²) in [7, 11) is 0.271. The van der Waals surface area contributed by atoms with E-state index in [0.717, 1.165) is 11.9 Å². The maximum atomic E-state index is 12.1. The molecule has 1 N–H and O–H groups in total. The van der Waals surface area contributed by atoms with Gasteiger partial charge < -0.3 is 9.64 Å². The van der Waals surface area contributed by atoms with E-state index >= 15 is 0 Å². The molecule has 0 aliphatic rings. The molecular weight excluding hydrogens is 356 g/mol. The minimum atomic E-state index is -3.21. The van der Waals surface area contributed by atoms with Gasteiger partial charge in [-0.15, -0.1) is 0 Å². The third-order valence-electron chi connectivity index (χ3n) is 3.74. The summed E-state index contributed by atoms with van der Waals surface area (Å²) in [5.41, 5.74) is 0.834. The van der Waals surface area contributed by atoms with E-state index in [9.17, 15) is 13.2 Å². The smallest absolute Gasteiger partial charge is 0.322 e. The topological polar surface area (TPSA) is 93.5 Å². The third kappa shape index (κ3) is 5.48. The Morgan fingerprint density at radius 3 is 2.50 bits per heavy atom. The number of aromatic nitrogens is 2. The molecule has 142 valence electrons. The van der Waals surface area contributed by atoms with Crippen molar-refractivity contribution in [3.63, 3.8) is 0 Å². The molecule has 2 amide bonds. The van der Waals surface area contributed by atoms with E-state index in [1.165, 1.54) is 12.1 Å². The van der Waals surface area contributed by atoms with Crippen molar-refractivity contribution >= 4 is 21.7 Å². The molecule has 1 aromatic carbocycles. The number of amides is 2. The van der Waals surface area contributed by atoms with E-state index < -0.39 is 9.84 Å². The van der Waals surface area contributed by atoms with Crippen LogP contribution in [0.1, 0.15) is 12.1 Å². The predicted molar refractivity (Wildman–Crippen MR) is 99.3 cm³/mol. The van der Waals surface area contributed by atoms with Crippen LogP contribution in [0.15, 0.2) is 35.2 Å². The van der Waals surface area contributed by atoms with E-state index in [1.54, 1.807) is 41.9 Å². The van der Waals surface area contributed by atoms with Crippen molar-refractivity contribution < 1.29 is 17.9 Å². The van der Waals surface area contributed by atoms with Crippen LogP contribution in [0.2, 0.25) is 0 Å². The van der Waals surface area contributed by atoms with Gasteiger partial charge in [0.05, 0.1) is 17.2 Å².